The number of anilines is 2. The summed E-state index contributed by atoms with van der Waals surface area (Å²) in [6.45, 7) is 5.20. The normalized spacial score (nSPS) is 16.9. The summed E-state index contributed by atoms with van der Waals surface area (Å²) in [4.78, 5) is 38.8. The molecular formula is C46H41N5O6. The fourth-order valence-corrected chi connectivity index (χ4v) is 8.52. The molecule has 0 aliphatic carbocycles. The van der Waals surface area contributed by atoms with E-state index in [9.17, 15) is 5.11 Å². The quantitative estimate of drug-likeness (QED) is 0.177. The third-order valence-electron chi connectivity index (χ3n) is 11.6. The lowest BCUT2D eigenvalue weighted by atomic mass is 9.92. The number of rotatable bonds is 7. The lowest BCUT2D eigenvalue weighted by Gasteiger charge is -2.41. The number of phenols is 1. The van der Waals surface area contributed by atoms with Crippen LogP contribution >= 0.6 is 0 Å². The second kappa shape index (κ2) is 14.2. The standard InChI is InChI=1S/C46H41N5O6/c1-47-17-19-48(20-18-47)27-35-22-30-6-2-3-7-32(30)26-49(35)45(53)38-24-43-44(57-29-56-43)25-41(38)50-28-39(37-8-4-5-9-40(37)50)46(54)51(33-10-13-36(52)14-11-33)34-12-15-42-31(23-34)16-21-55-42/h2-16,21,23-25,28,35,52H,17-20,22,26-27,29H2,1H3/t35-/m0/s1. The van der Waals surface area contributed by atoms with Gasteiger partial charge in [-0.25, -0.2) is 0 Å². The van der Waals surface area contributed by atoms with Crippen LogP contribution in [0, 0.1) is 0 Å². The first-order valence-corrected chi connectivity index (χ1v) is 19.3. The van der Waals surface area contributed by atoms with Crippen LogP contribution in [0.2, 0.25) is 0 Å². The van der Waals surface area contributed by atoms with Gasteiger partial charge in [-0.2, -0.15) is 0 Å². The molecule has 1 saturated heterocycles. The van der Waals surface area contributed by atoms with Crippen molar-refractivity contribution >= 4 is 45.1 Å². The van der Waals surface area contributed by atoms with Crippen LogP contribution < -0.4 is 14.4 Å². The minimum atomic E-state index is -0.285. The van der Waals surface area contributed by atoms with E-state index in [1.165, 1.54) is 5.56 Å². The molecule has 1 atom stereocenters. The van der Waals surface area contributed by atoms with E-state index in [4.69, 9.17) is 13.9 Å². The predicted molar refractivity (Wildman–Crippen MR) is 218 cm³/mol. The summed E-state index contributed by atoms with van der Waals surface area (Å²) in [5, 5.41) is 11.7. The monoisotopic (exact) mass is 759 g/mol. The molecule has 0 unspecified atom stereocenters. The number of aromatic nitrogens is 1. The van der Waals surface area contributed by atoms with E-state index in [-0.39, 0.29) is 30.4 Å². The number of phenolic OH excluding ortho intramolecular Hbond substituents is 1. The Morgan fingerprint density at radius 1 is 0.789 bits per heavy atom. The second-order valence-corrected chi connectivity index (χ2v) is 15.1. The number of benzene rings is 5. The third kappa shape index (κ3) is 6.34. The average Bonchev–Trinajstić information content (AvgIpc) is 4.00. The van der Waals surface area contributed by atoms with Gasteiger partial charge >= 0.3 is 0 Å². The van der Waals surface area contributed by atoms with E-state index < -0.39 is 0 Å². The van der Waals surface area contributed by atoms with E-state index >= 15 is 9.59 Å². The Balaban J connectivity index is 1.09. The SMILES string of the molecule is CN1CCN(C[C@@H]2Cc3ccccc3CN2C(=O)c2cc3c(cc2-n2cc(C(=O)N(c4ccc(O)cc4)c4ccc5occc5c4)c4ccccc42)OCO3)CC1. The Morgan fingerprint density at radius 2 is 1.53 bits per heavy atom. The van der Waals surface area contributed by atoms with Gasteiger partial charge in [-0.15, -0.1) is 0 Å². The van der Waals surface area contributed by atoms with Crippen LogP contribution in [0.4, 0.5) is 11.4 Å². The van der Waals surface area contributed by atoms with Crippen molar-refractivity contribution in [2.24, 2.45) is 0 Å². The van der Waals surface area contributed by atoms with Crippen LogP contribution in [0.25, 0.3) is 27.6 Å². The molecule has 3 aliphatic rings. The molecule has 2 amide bonds. The fourth-order valence-electron chi connectivity index (χ4n) is 8.52. The molecule has 57 heavy (non-hydrogen) atoms. The zero-order chi connectivity index (χ0) is 38.6. The Labute approximate surface area is 329 Å². The van der Waals surface area contributed by atoms with E-state index in [1.54, 1.807) is 41.5 Å². The zero-order valence-electron chi connectivity index (χ0n) is 31.5. The number of para-hydroxylation sites is 1. The lowest BCUT2D eigenvalue weighted by Crippen LogP contribution is -2.53. The maximum atomic E-state index is 15.3. The minimum absolute atomic E-state index is 0.0425. The van der Waals surface area contributed by atoms with Gasteiger partial charge in [0.2, 0.25) is 6.79 Å². The summed E-state index contributed by atoms with van der Waals surface area (Å²) in [7, 11) is 2.15. The molecule has 11 heteroatoms. The topological polar surface area (TPSA) is 104 Å². The highest BCUT2D eigenvalue weighted by molar-refractivity contribution is 6.18. The van der Waals surface area contributed by atoms with Gasteiger partial charge in [0.1, 0.15) is 11.3 Å². The Morgan fingerprint density at radius 3 is 2.35 bits per heavy atom. The number of carbonyl (C=O) groups is 2. The number of amides is 2. The van der Waals surface area contributed by atoms with Crippen LogP contribution in [-0.4, -0.2) is 88.8 Å². The molecule has 1 N–H and O–H groups in total. The van der Waals surface area contributed by atoms with E-state index in [1.807, 2.05) is 76.3 Å². The van der Waals surface area contributed by atoms with Crippen LogP contribution in [0.15, 0.2) is 126 Å². The number of hydrogen-bond acceptors (Lipinski definition) is 8. The highest BCUT2D eigenvalue weighted by atomic mass is 16.7. The molecule has 5 heterocycles. The van der Waals surface area contributed by atoms with Crippen molar-refractivity contribution in [2.75, 3.05) is 51.5 Å². The molecule has 0 radical (unpaired) electrons. The molecule has 7 aromatic rings. The lowest BCUT2D eigenvalue weighted by molar-refractivity contribution is 0.0535. The summed E-state index contributed by atoms with van der Waals surface area (Å²) in [5.41, 5.74) is 6.57. The van der Waals surface area contributed by atoms with Gasteiger partial charge in [-0.1, -0.05) is 42.5 Å². The van der Waals surface area contributed by atoms with Crippen molar-refractivity contribution in [3.8, 4) is 22.9 Å². The van der Waals surface area contributed by atoms with Crippen LogP contribution in [0.1, 0.15) is 31.8 Å². The molecule has 0 saturated carbocycles. The van der Waals surface area contributed by atoms with Gasteiger partial charge in [0, 0.05) is 74.0 Å². The minimum Gasteiger partial charge on any atom is -0.508 e. The van der Waals surface area contributed by atoms with Gasteiger partial charge < -0.3 is 33.4 Å². The first-order chi connectivity index (χ1) is 27.9. The highest BCUT2D eigenvalue weighted by Crippen LogP contribution is 2.40. The van der Waals surface area contributed by atoms with E-state index in [2.05, 4.69) is 35.0 Å². The van der Waals surface area contributed by atoms with Crippen LogP contribution in [0.3, 0.4) is 0 Å². The third-order valence-corrected chi connectivity index (χ3v) is 11.6. The smallest absolute Gasteiger partial charge is 0.265 e. The number of furan rings is 1. The summed E-state index contributed by atoms with van der Waals surface area (Å²) in [6, 6.07) is 33.8. The van der Waals surface area contributed by atoms with Crippen molar-refractivity contribution in [1.29, 1.82) is 0 Å². The Hall–Kier alpha value is -6.56. The molecule has 11 nitrogen and oxygen atoms in total. The summed E-state index contributed by atoms with van der Waals surface area (Å²) in [6.07, 6.45) is 4.20. The molecule has 286 valence electrons. The summed E-state index contributed by atoms with van der Waals surface area (Å²) < 4.78 is 19.3. The average molecular weight is 760 g/mol. The number of ether oxygens (including phenoxy) is 2. The van der Waals surface area contributed by atoms with Gasteiger partial charge in [-0.05, 0) is 85.3 Å². The molecule has 0 bridgehead atoms. The molecular weight excluding hydrogens is 719 g/mol. The van der Waals surface area contributed by atoms with E-state index in [0.29, 0.717) is 57.2 Å². The predicted octanol–water partition coefficient (Wildman–Crippen LogP) is 7.60. The first-order valence-electron chi connectivity index (χ1n) is 19.3. The van der Waals surface area contributed by atoms with Gasteiger partial charge in [0.25, 0.3) is 11.8 Å². The molecule has 1 fully saturated rings. The van der Waals surface area contributed by atoms with Crippen LogP contribution in [0.5, 0.6) is 17.2 Å². The molecule has 0 spiro atoms. The number of likely N-dealkylation sites (N-methyl/N-ethyl adjacent to an activating group) is 1. The van der Waals surface area contributed by atoms with Gasteiger partial charge in [0.05, 0.1) is 34.3 Å². The molecule has 10 rings (SSSR count). The largest absolute Gasteiger partial charge is 0.508 e. The number of piperazine rings is 1. The highest BCUT2D eigenvalue weighted by Gasteiger charge is 2.35. The van der Waals surface area contributed by atoms with Crippen molar-refractivity contribution in [1.82, 2.24) is 19.3 Å². The van der Waals surface area contributed by atoms with Crippen molar-refractivity contribution in [2.45, 2.75) is 19.0 Å². The number of carbonyl (C=O) groups excluding carboxylic acids is 2. The van der Waals surface area contributed by atoms with Crippen LogP contribution in [-0.2, 0) is 13.0 Å². The summed E-state index contributed by atoms with van der Waals surface area (Å²) >= 11 is 0. The van der Waals surface area contributed by atoms with E-state index in [0.717, 1.165) is 55.6 Å². The Bertz CT molecular complexity index is 2660. The molecule has 2 aromatic heterocycles. The summed E-state index contributed by atoms with van der Waals surface area (Å²) in [5.74, 6) is 0.741. The molecule has 3 aliphatic heterocycles. The van der Waals surface area contributed by atoms with Crippen molar-refractivity contribution < 1.29 is 28.6 Å². The van der Waals surface area contributed by atoms with Gasteiger partial charge in [0.15, 0.2) is 11.5 Å². The Kier molecular flexibility index (Phi) is 8.68. The van der Waals surface area contributed by atoms with Gasteiger partial charge in [-0.3, -0.25) is 19.4 Å². The number of nitrogens with zero attached hydrogens (tertiary/aromatic N) is 5. The number of fused-ring (bicyclic) bond motifs is 4. The first kappa shape index (κ1) is 34.9. The van der Waals surface area contributed by atoms with Crippen molar-refractivity contribution in [3.63, 3.8) is 0 Å². The fraction of sp³-hybridized carbons (Fsp3) is 0.217. The maximum absolute atomic E-state index is 15.3. The number of aromatic hydroxyl groups is 1. The number of hydrogen-bond donors (Lipinski definition) is 1. The second-order valence-electron chi connectivity index (χ2n) is 15.1. The zero-order valence-corrected chi connectivity index (χ0v) is 31.5. The maximum Gasteiger partial charge on any atom is 0.265 e. The molecule has 5 aromatic carbocycles. The van der Waals surface area contributed by atoms with Crippen molar-refractivity contribution in [3.05, 3.63) is 144 Å².